The Kier molecular flexibility index (Phi) is 5.46. The number of aryl methyl sites for hydroxylation is 1. The van der Waals surface area contributed by atoms with Crippen molar-refractivity contribution in [1.29, 1.82) is 0 Å². The van der Waals surface area contributed by atoms with E-state index in [4.69, 9.17) is 9.26 Å². The van der Waals surface area contributed by atoms with Crippen molar-refractivity contribution in [3.8, 4) is 0 Å². The molecule has 1 unspecified atom stereocenters. The van der Waals surface area contributed by atoms with E-state index in [9.17, 15) is 5.11 Å². The van der Waals surface area contributed by atoms with E-state index in [0.717, 1.165) is 4.88 Å². The van der Waals surface area contributed by atoms with Crippen molar-refractivity contribution in [2.75, 3.05) is 13.2 Å². The van der Waals surface area contributed by atoms with Crippen molar-refractivity contribution in [1.82, 2.24) is 15.5 Å². The molecule has 0 aliphatic carbocycles. The Morgan fingerprint density at radius 3 is 3.16 bits per heavy atom. The molecule has 0 amide bonds. The molecule has 2 rings (SSSR count). The minimum Gasteiger partial charge on any atom is -0.389 e. The van der Waals surface area contributed by atoms with E-state index in [-0.39, 0.29) is 0 Å². The lowest BCUT2D eigenvalue weighted by Gasteiger charge is -2.11. The number of ether oxygens (including phenoxy) is 1. The van der Waals surface area contributed by atoms with Gasteiger partial charge in [-0.2, -0.15) is 4.98 Å². The molecule has 0 radical (unpaired) electrons. The first-order valence-electron chi connectivity index (χ1n) is 6.02. The van der Waals surface area contributed by atoms with Crippen molar-refractivity contribution < 1.29 is 14.4 Å². The summed E-state index contributed by atoms with van der Waals surface area (Å²) in [4.78, 5) is 5.21. The number of aromatic nitrogens is 2. The molecule has 0 bridgehead atoms. The van der Waals surface area contributed by atoms with Crippen molar-refractivity contribution in [2.45, 2.75) is 26.2 Å². The Labute approximate surface area is 115 Å². The van der Waals surface area contributed by atoms with Crippen LogP contribution < -0.4 is 5.32 Å². The summed E-state index contributed by atoms with van der Waals surface area (Å²) in [5.41, 5.74) is 0. The highest BCUT2D eigenvalue weighted by Gasteiger charge is 2.06. The van der Waals surface area contributed by atoms with Crippen molar-refractivity contribution >= 4 is 11.3 Å². The fraction of sp³-hybridized carbons (Fsp3) is 0.500. The maximum atomic E-state index is 9.71. The first-order valence-corrected chi connectivity index (χ1v) is 6.90. The lowest BCUT2D eigenvalue weighted by Crippen LogP contribution is -2.30. The molecule has 0 aliphatic rings. The molecule has 19 heavy (non-hydrogen) atoms. The van der Waals surface area contributed by atoms with Gasteiger partial charge in [0.1, 0.15) is 0 Å². The molecule has 2 heterocycles. The second kappa shape index (κ2) is 7.34. The van der Waals surface area contributed by atoms with Crippen molar-refractivity contribution in [2.24, 2.45) is 0 Å². The summed E-state index contributed by atoms with van der Waals surface area (Å²) in [6.45, 7) is 3.48. The molecule has 0 spiro atoms. The number of nitrogens with one attached hydrogen (secondary N) is 1. The topological polar surface area (TPSA) is 80.4 Å². The molecule has 1 atom stereocenters. The smallest absolute Gasteiger partial charge is 0.223 e. The Bertz CT molecular complexity index is 472. The first kappa shape index (κ1) is 14.1. The zero-order valence-electron chi connectivity index (χ0n) is 10.7. The largest absolute Gasteiger partial charge is 0.389 e. The first-order chi connectivity index (χ1) is 9.24. The number of hydrogen-bond donors (Lipinski definition) is 2. The molecule has 7 heteroatoms. The molecule has 2 aromatic rings. The minimum absolute atomic E-state index is 0.302. The Balaban J connectivity index is 1.55. The van der Waals surface area contributed by atoms with Gasteiger partial charge in [-0.25, -0.2) is 0 Å². The van der Waals surface area contributed by atoms with Gasteiger partial charge in [-0.05, 0) is 11.4 Å². The molecule has 2 aromatic heterocycles. The number of rotatable bonds is 8. The third kappa shape index (κ3) is 5.07. The molecular formula is C12H17N3O3S. The molecule has 0 aromatic carbocycles. The molecule has 6 nitrogen and oxygen atoms in total. The molecule has 0 saturated heterocycles. The van der Waals surface area contributed by atoms with E-state index in [1.165, 1.54) is 0 Å². The monoisotopic (exact) mass is 283 g/mol. The third-order valence-electron chi connectivity index (χ3n) is 2.37. The number of nitrogens with zero attached hydrogens (tertiary/aromatic N) is 2. The van der Waals surface area contributed by atoms with Crippen LogP contribution in [0, 0.1) is 6.92 Å². The van der Waals surface area contributed by atoms with E-state index >= 15 is 0 Å². The van der Waals surface area contributed by atoms with E-state index in [2.05, 4.69) is 15.5 Å². The van der Waals surface area contributed by atoms with Crippen LogP contribution in [0.4, 0.5) is 0 Å². The van der Waals surface area contributed by atoms with Gasteiger partial charge in [0.05, 0.1) is 25.9 Å². The average molecular weight is 283 g/mol. The summed E-state index contributed by atoms with van der Waals surface area (Å²) in [6.07, 6.45) is -0.548. The minimum atomic E-state index is -0.548. The zero-order valence-corrected chi connectivity index (χ0v) is 11.5. The Morgan fingerprint density at radius 2 is 2.47 bits per heavy atom. The molecular weight excluding hydrogens is 266 g/mol. The molecule has 104 valence electrons. The number of aliphatic hydroxyl groups excluding tert-OH is 1. The highest BCUT2D eigenvalue weighted by Crippen LogP contribution is 2.09. The Morgan fingerprint density at radius 1 is 1.58 bits per heavy atom. The standard InChI is InChI=1S/C12H17N3O3S/c1-9-14-12(15-18-9)6-13-5-10(16)7-17-8-11-3-2-4-19-11/h2-4,10,13,16H,5-8H2,1H3. The summed E-state index contributed by atoms with van der Waals surface area (Å²) in [7, 11) is 0. The van der Waals surface area contributed by atoms with Crippen LogP contribution in [-0.4, -0.2) is 34.5 Å². The second-order valence-electron chi connectivity index (χ2n) is 4.11. The van der Waals surface area contributed by atoms with Gasteiger partial charge in [0.15, 0.2) is 5.82 Å². The summed E-state index contributed by atoms with van der Waals surface area (Å²) < 4.78 is 10.3. The number of thiophene rings is 1. The summed E-state index contributed by atoms with van der Waals surface area (Å²) in [5.74, 6) is 1.13. The van der Waals surface area contributed by atoms with Crippen molar-refractivity contribution in [3.63, 3.8) is 0 Å². The Hall–Kier alpha value is -1.28. The highest BCUT2D eigenvalue weighted by molar-refractivity contribution is 7.09. The van der Waals surface area contributed by atoms with Gasteiger partial charge in [-0.1, -0.05) is 11.2 Å². The molecule has 0 fully saturated rings. The van der Waals surface area contributed by atoms with Gasteiger partial charge >= 0.3 is 0 Å². The van der Waals surface area contributed by atoms with E-state index in [1.54, 1.807) is 18.3 Å². The average Bonchev–Trinajstić information content (AvgIpc) is 3.01. The summed E-state index contributed by atoms with van der Waals surface area (Å²) in [6, 6.07) is 3.99. The van der Waals surface area contributed by atoms with Crippen LogP contribution in [0.1, 0.15) is 16.6 Å². The van der Waals surface area contributed by atoms with Crippen LogP contribution >= 0.6 is 11.3 Å². The van der Waals surface area contributed by atoms with Gasteiger partial charge < -0.3 is 19.7 Å². The second-order valence-corrected chi connectivity index (χ2v) is 5.14. The van der Waals surface area contributed by atoms with Crippen LogP contribution in [0.15, 0.2) is 22.0 Å². The van der Waals surface area contributed by atoms with E-state index < -0.39 is 6.10 Å². The van der Waals surface area contributed by atoms with Crippen LogP contribution in [-0.2, 0) is 17.9 Å². The lowest BCUT2D eigenvalue weighted by atomic mass is 10.3. The van der Waals surface area contributed by atoms with Gasteiger partial charge in [-0.3, -0.25) is 0 Å². The van der Waals surface area contributed by atoms with Gasteiger partial charge in [0, 0.05) is 18.3 Å². The van der Waals surface area contributed by atoms with E-state index in [1.807, 2.05) is 17.5 Å². The third-order valence-corrected chi connectivity index (χ3v) is 3.22. The van der Waals surface area contributed by atoms with Crippen LogP contribution in [0.2, 0.25) is 0 Å². The fourth-order valence-corrected chi connectivity index (χ4v) is 2.15. The molecule has 0 aliphatic heterocycles. The SMILES string of the molecule is Cc1nc(CNCC(O)COCc2cccs2)no1. The number of aliphatic hydroxyl groups is 1. The van der Waals surface area contributed by atoms with E-state index in [0.29, 0.717) is 38.0 Å². The summed E-state index contributed by atoms with van der Waals surface area (Å²) >= 11 is 1.64. The zero-order chi connectivity index (χ0) is 13.5. The fourth-order valence-electron chi connectivity index (χ4n) is 1.51. The van der Waals surface area contributed by atoms with Gasteiger partial charge in [-0.15, -0.1) is 11.3 Å². The van der Waals surface area contributed by atoms with Crippen LogP contribution in [0.3, 0.4) is 0 Å². The van der Waals surface area contributed by atoms with Crippen LogP contribution in [0.5, 0.6) is 0 Å². The quantitative estimate of drug-likeness (QED) is 0.755. The maximum absolute atomic E-state index is 9.71. The molecule has 2 N–H and O–H groups in total. The maximum Gasteiger partial charge on any atom is 0.223 e. The van der Waals surface area contributed by atoms with Crippen molar-refractivity contribution in [3.05, 3.63) is 34.1 Å². The van der Waals surface area contributed by atoms with Gasteiger partial charge in [0.2, 0.25) is 5.89 Å². The normalized spacial score (nSPS) is 12.7. The predicted octanol–water partition coefficient (Wildman–Crippen LogP) is 1.11. The molecule has 0 saturated carbocycles. The number of hydrogen-bond acceptors (Lipinski definition) is 7. The summed E-state index contributed by atoms with van der Waals surface area (Å²) in [5, 5.41) is 18.5. The highest BCUT2D eigenvalue weighted by atomic mass is 32.1. The lowest BCUT2D eigenvalue weighted by molar-refractivity contribution is 0.0296. The van der Waals surface area contributed by atoms with Gasteiger partial charge in [0.25, 0.3) is 0 Å². The van der Waals surface area contributed by atoms with Crippen LogP contribution in [0.25, 0.3) is 0 Å². The predicted molar refractivity (Wildman–Crippen MR) is 70.7 cm³/mol.